The van der Waals surface area contributed by atoms with E-state index >= 15 is 0 Å². The van der Waals surface area contributed by atoms with Crippen molar-refractivity contribution < 1.29 is 9.53 Å². The van der Waals surface area contributed by atoms with Crippen LogP contribution in [0.1, 0.15) is 32.0 Å². The lowest BCUT2D eigenvalue weighted by atomic mass is 10.2. The molecule has 1 aromatic heterocycles. The summed E-state index contributed by atoms with van der Waals surface area (Å²) < 4.78 is 5.43. The van der Waals surface area contributed by atoms with E-state index in [1.165, 1.54) is 5.56 Å². The Kier molecular flexibility index (Phi) is 5.46. The molecular weight excluding hydrogens is 292 g/mol. The van der Waals surface area contributed by atoms with Crippen LogP contribution < -0.4 is 10.2 Å². The number of hydrogen-bond donors (Lipinski definition) is 1. The van der Waals surface area contributed by atoms with Gasteiger partial charge in [0, 0.05) is 38.4 Å². The van der Waals surface area contributed by atoms with Gasteiger partial charge in [-0.3, -0.25) is 0 Å². The van der Waals surface area contributed by atoms with E-state index in [1.54, 1.807) is 4.90 Å². The predicted molar refractivity (Wildman–Crippen MR) is 91.8 cm³/mol. The van der Waals surface area contributed by atoms with Crippen molar-refractivity contribution in [3.05, 3.63) is 23.4 Å². The van der Waals surface area contributed by atoms with E-state index in [0.29, 0.717) is 13.1 Å². The summed E-state index contributed by atoms with van der Waals surface area (Å²) >= 11 is 0. The number of carbonyl (C=O) groups is 1. The molecule has 0 spiro atoms. The van der Waals surface area contributed by atoms with E-state index in [1.807, 2.05) is 34.7 Å². The molecule has 1 N–H and O–H groups in total. The molecule has 1 aromatic rings. The summed E-state index contributed by atoms with van der Waals surface area (Å²) in [6, 6.07) is 4.18. The monoisotopic (exact) mass is 320 g/mol. The zero-order valence-corrected chi connectivity index (χ0v) is 14.8. The smallest absolute Gasteiger partial charge is 0.410 e. The van der Waals surface area contributed by atoms with Crippen LogP contribution in [0.15, 0.2) is 12.1 Å². The molecule has 0 aliphatic carbocycles. The van der Waals surface area contributed by atoms with Crippen LogP contribution in [0.5, 0.6) is 0 Å². The Morgan fingerprint density at radius 2 is 1.91 bits per heavy atom. The van der Waals surface area contributed by atoms with E-state index in [2.05, 4.69) is 22.3 Å². The first-order valence-corrected chi connectivity index (χ1v) is 8.14. The van der Waals surface area contributed by atoms with Gasteiger partial charge in [0.25, 0.3) is 0 Å². The number of hydrogen-bond acceptors (Lipinski definition) is 5. The Morgan fingerprint density at radius 3 is 2.43 bits per heavy atom. The zero-order chi connectivity index (χ0) is 17.0. The number of ether oxygens (including phenoxy) is 1. The van der Waals surface area contributed by atoms with Gasteiger partial charge in [-0.25, -0.2) is 9.78 Å². The molecule has 0 aromatic carbocycles. The first-order valence-electron chi connectivity index (χ1n) is 8.14. The summed E-state index contributed by atoms with van der Waals surface area (Å²) in [5.41, 5.74) is 1.81. The van der Waals surface area contributed by atoms with Crippen LogP contribution in [0.25, 0.3) is 0 Å². The van der Waals surface area contributed by atoms with E-state index < -0.39 is 5.60 Å². The summed E-state index contributed by atoms with van der Waals surface area (Å²) in [4.78, 5) is 20.8. The second kappa shape index (κ2) is 7.17. The highest BCUT2D eigenvalue weighted by Gasteiger charge is 2.26. The van der Waals surface area contributed by atoms with Crippen molar-refractivity contribution in [1.82, 2.24) is 15.2 Å². The van der Waals surface area contributed by atoms with Crippen LogP contribution in [0.4, 0.5) is 10.6 Å². The predicted octanol–water partition coefficient (Wildman–Crippen LogP) is 2.17. The maximum atomic E-state index is 12.1. The van der Waals surface area contributed by atoms with Crippen molar-refractivity contribution in [3.63, 3.8) is 0 Å². The van der Waals surface area contributed by atoms with Gasteiger partial charge in [0.15, 0.2) is 0 Å². The second-order valence-electron chi connectivity index (χ2n) is 6.90. The summed E-state index contributed by atoms with van der Waals surface area (Å²) in [5.74, 6) is 0.978. The molecule has 6 nitrogen and oxygen atoms in total. The van der Waals surface area contributed by atoms with Crippen LogP contribution in [0.2, 0.25) is 0 Å². The van der Waals surface area contributed by atoms with Crippen molar-refractivity contribution >= 4 is 11.9 Å². The van der Waals surface area contributed by atoms with Gasteiger partial charge >= 0.3 is 6.09 Å². The number of nitrogens with one attached hydrogen (secondary N) is 1. The number of pyridine rings is 1. The molecule has 23 heavy (non-hydrogen) atoms. The summed E-state index contributed by atoms with van der Waals surface area (Å²) in [6.07, 6.45) is -0.231. The van der Waals surface area contributed by atoms with Gasteiger partial charge < -0.3 is 19.9 Å². The molecule has 6 heteroatoms. The van der Waals surface area contributed by atoms with Crippen LogP contribution in [0, 0.1) is 6.92 Å². The molecule has 2 rings (SSSR count). The van der Waals surface area contributed by atoms with Crippen molar-refractivity contribution in [2.24, 2.45) is 0 Å². The summed E-state index contributed by atoms with van der Waals surface area (Å²) in [6.45, 7) is 11.4. The summed E-state index contributed by atoms with van der Waals surface area (Å²) in [7, 11) is 1.93. The number of aromatic nitrogens is 1. The van der Waals surface area contributed by atoms with Crippen LogP contribution in [-0.4, -0.2) is 54.8 Å². The SMILES string of the molecule is CNCc1ccc(N2CCN(C(=O)OC(C)(C)C)CC2)nc1C. The molecule has 0 unspecified atom stereocenters. The van der Waals surface area contributed by atoms with E-state index in [0.717, 1.165) is 31.1 Å². The molecule has 1 saturated heterocycles. The third-order valence-electron chi connectivity index (χ3n) is 3.80. The second-order valence-corrected chi connectivity index (χ2v) is 6.90. The third-order valence-corrected chi connectivity index (χ3v) is 3.80. The largest absolute Gasteiger partial charge is 0.444 e. The fourth-order valence-electron chi connectivity index (χ4n) is 2.57. The Balaban J connectivity index is 1.94. The minimum absolute atomic E-state index is 0.231. The number of aryl methyl sites for hydroxylation is 1. The van der Waals surface area contributed by atoms with Gasteiger partial charge in [-0.05, 0) is 46.4 Å². The molecule has 0 atom stereocenters. The number of amides is 1. The first-order chi connectivity index (χ1) is 10.8. The van der Waals surface area contributed by atoms with Gasteiger partial charge in [-0.15, -0.1) is 0 Å². The lowest BCUT2D eigenvalue weighted by Crippen LogP contribution is -2.50. The topological polar surface area (TPSA) is 57.7 Å². The number of carbonyl (C=O) groups excluding carboxylic acids is 1. The lowest BCUT2D eigenvalue weighted by molar-refractivity contribution is 0.0240. The standard InChI is InChI=1S/C17H28N4O2/c1-13-14(12-18-5)6-7-15(19-13)20-8-10-21(11-9-20)16(22)23-17(2,3)4/h6-7,18H,8-12H2,1-5H3. The number of nitrogens with zero attached hydrogens (tertiary/aromatic N) is 3. The minimum atomic E-state index is -0.448. The van der Waals surface area contributed by atoms with Crippen LogP contribution in [-0.2, 0) is 11.3 Å². The fraction of sp³-hybridized carbons (Fsp3) is 0.647. The quantitative estimate of drug-likeness (QED) is 0.925. The highest BCUT2D eigenvalue weighted by Crippen LogP contribution is 2.18. The van der Waals surface area contributed by atoms with Gasteiger partial charge in [0.05, 0.1) is 0 Å². The zero-order valence-electron chi connectivity index (χ0n) is 14.8. The van der Waals surface area contributed by atoms with Crippen molar-refractivity contribution in [2.45, 2.75) is 39.8 Å². The molecule has 2 heterocycles. The Morgan fingerprint density at radius 1 is 1.26 bits per heavy atom. The molecule has 0 saturated carbocycles. The fourth-order valence-corrected chi connectivity index (χ4v) is 2.57. The molecule has 0 bridgehead atoms. The van der Waals surface area contributed by atoms with Gasteiger partial charge in [0.2, 0.25) is 0 Å². The molecule has 0 radical (unpaired) electrons. The maximum Gasteiger partial charge on any atom is 0.410 e. The van der Waals surface area contributed by atoms with Crippen molar-refractivity contribution in [1.29, 1.82) is 0 Å². The minimum Gasteiger partial charge on any atom is -0.444 e. The molecule has 1 aliphatic rings. The number of piperazine rings is 1. The van der Waals surface area contributed by atoms with Crippen molar-refractivity contribution in [3.8, 4) is 0 Å². The molecule has 1 aliphatic heterocycles. The van der Waals surface area contributed by atoms with E-state index in [-0.39, 0.29) is 6.09 Å². The van der Waals surface area contributed by atoms with Crippen LogP contribution in [0.3, 0.4) is 0 Å². The van der Waals surface area contributed by atoms with E-state index in [9.17, 15) is 4.79 Å². The summed E-state index contributed by atoms with van der Waals surface area (Å²) in [5, 5.41) is 3.15. The van der Waals surface area contributed by atoms with Gasteiger partial charge in [-0.2, -0.15) is 0 Å². The molecule has 1 amide bonds. The van der Waals surface area contributed by atoms with Gasteiger partial charge in [0.1, 0.15) is 11.4 Å². The number of anilines is 1. The molecule has 1 fully saturated rings. The van der Waals surface area contributed by atoms with Gasteiger partial charge in [-0.1, -0.05) is 6.07 Å². The third kappa shape index (κ3) is 4.82. The van der Waals surface area contributed by atoms with Crippen molar-refractivity contribution in [2.75, 3.05) is 38.1 Å². The highest BCUT2D eigenvalue weighted by molar-refractivity contribution is 5.68. The van der Waals surface area contributed by atoms with E-state index in [4.69, 9.17) is 9.72 Å². The molecular formula is C17H28N4O2. The number of rotatable bonds is 3. The normalized spacial score (nSPS) is 15.7. The maximum absolute atomic E-state index is 12.1. The Hall–Kier alpha value is -1.82. The lowest BCUT2D eigenvalue weighted by Gasteiger charge is -2.36. The Labute approximate surface area is 138 Å². The highest BCUT2D eigenvalue weighted by atomic mass is 16.6. The average molecular weight is 320 g/mol. The Bertz CT molecular complexity index is 546. The van der Waals surface area contributed by atoms with Crippen LogP contribution >= 0.6 is 0 Å². The molecule has 128 valence electrons. The average Bonchev–Trinajstić information content (AvgIpc) is 2.48. The first kappa shape index (κ1) is 17.5.